The number of rotatable bonds is 7. The van der Waals surface area contributed by atoms with Crippen molar-refractivity contribution in [2.24, 2.45) is 0 Å². The summed E-state index contributed by atoms with van der Waals surface area (Å²) in [4.78, 5) is 0. The van der Waals surface area contributed by atoms with Gasteiger partial charge in [-0.05, 0) is 19.4 Å². The predicted octanol–water partition coefficient (Wildman–Crippen LogP) is 4.63. The van der Waals surface area contributed by atoms with Crippen LogP contribution in [0, 0.1) is 0 Å². The molecule has 0 saturated heterocycles. The molecule has 0 spiro atoms. The molecule has 0 bridgehead atoms. The lowest BCUT2D eigenvalue weighted by molar-refractivity contribution is 0.214. The van der Waals surface area contributed by atoms with Crippen LogP contribution in [0.2, 0.25) is 0 Å². The van der Waals surface area contributed by atoms with Gasteiger partial charge in [-0.25, -0.2) is 0 Å². The topological polar surface area (TPSA) is 35.5 Å². The van der Waals surface area contributed by atoms with Gasteiger partial charge >= 0.3 is 7.60 Å². The van der Waals surface area contributed by atoms with Gasteiger partial charge in [-0.1, -0.05) is 53.5 Å². The summed E-state index contributed by atoms with van der Waals surface area (Å²) in [5.74, 6) is 0. The molecule has 0 aliphatic heterocycles. The Hall–Kier alpha value is -0.0500. The lowest BCUT2D eigenvalue weighted by Crippen LogP contribution is -2.20. The van der Waals surface area contributed by atoms with Gasteiger partial charge < -0.3 is 9.05 Å². The molecule has 0 aromatic heterocycles. The summed E-state index contributed by atoms with van der Waals surface area (Å²) in [7, 11) is -3.56. The Labute approximate surface area is 118 Å². The molecule has 1 rings (SSSR count). The van der Waals surface area contributed by atoms with Crippen LogP contribution in [0.3, 0.4) is 0 Å². The molecule has 0 N–H and O–H groups in total. The van der Waals surface area contributed by atoms with Crippen molar-refractivity contribution in [2.45, 2.75) is 24.3 Å². The number of benzene rings is 1. The summed E-state index contributed by atoms with van der Waals surface area (Å²) >= 11 is 12.4. The Bertz CT molecular complexity index is 399. The molecule has 0 fully saturated rings. The fourth-order valence-corrected chi connectivity index (χ4v) is 3.91. The SMILES string of the molecule is CCOP(=O)(OCC)C(Cl)(Cl)Cc1ccccc1. The van der Waals surface area contributed by atoms with E-state index < -0.39 is 11.7 Å². The Morgan fingerprint density at radius 2 is 1.61 bits per heavy atom. The van der Waals surface area contributed by atoms with Gasteiger partial charge in [-0.3, -0.25) is 4.57 Å². The summed E-state index contributed by atoms with van der Waals surface area (Å²) in [6, 6.07) is 9.35. The maximum Gasteiger partial charge on any atom is 0.366 e. The van der Waals surface area contributed by atoms with E-state index in [-0.39, 0.29) is 19.6 Å². The highest BCUT2D eigenvalue weighted by molar-refractivity contribution is 7.60. The van der Waals surface area contributed by atoms with E-state index in [1.165, 1.54) is 0 Å². The average Bonchev–Trinajstić information content (AvgIpc) is 2.30. The van der Waals surface area contributed by atoms with Gasteiger partial charge in [0.05, 0.1) is 13.2 Å². The molecule has 0 atom stereocenters. The van der Waals surface area contributed by atoms with Gasteiger partial charge in [-0.15, -0.1) is 0 Å². The van der Waals surface area contributed by atoms with Gasteiger partial charge in [0.2, 0.25) is 4.07 Å². The first-order valence-electron chi connectivity index (χ1n) is 5.76. The van der Waals surface area contributed by atoms with Gasteiger partial charge in [0.15, 0.2) is 0 Å². The highest BCUT2D eigenvalue weighted by Crippen LogP contribution is 2.65. The molecule has 18 heavy (non-hydrogen) atoms. The van der Waals surface area contributed by atoms with E-state index in [1.54, 1.807) is 13.8 Å². The quantitative estimate of drug-likeness (QED) is 0.544. The van der Waals surface area contributed by atoms with E-state index in [9.17, 15) is 4.57 Å². The Morgan fingerprint density at radius 3 is 2.06 bits per heavy atom. The number of halogens is 2. The Balaban J connectivity index is 2.91. The smallest absolute Gasteiger partial charge is 0.307 e. The minimum atomic E-state index is -3.56. The fraction of sp³-hybridized carbons (Fsp3) is 0.500. The molecule has 0 unspecified atom stereocenters. The lowest BCUT2D eigenvalue weighted by Gasteiger charge is -2.28. The molecule has 102 valence electrons. The summed E-state index contributed by atoms with van der Waals surface area (Å²) in [6.45, 7) is 3.90. The fourth-order valence-electron chi connectivity index (χ4n) is 1.50. The summed E-state index contributed by atoms with van der Waals surface area (Å²) in [6.07, 6.45) is 0.203. The van der Waals surface area contributed by atoms with E-state index in [0.717, 1.165) is 5.56 Å². The first-order valence-corrected chi connectivity index (χ1v) is 8.06. The molecular formula is C12H17Cl2O3P. The minimum Gasteiger partial charge on any atom is -0.307 e. The molecule has 0 aliphatic carbocycles. The van der Waals surface area contributed by atoms with Crippen molar-refractivity contribution >= 4 is 30.8 Å². The maximum atomic E-state index is 12.5. The van der Waals surface area contributed by atoms with Gasteiger partial charge in [0, 0.05) is 6.42 Å². The average molecular weight is 311 g/mol. The summed E-state index contributed by atoms with van der Waals surface area (Å²) < 4.78 is 21.3. The third-order valence-electron chi connectivity index (χ3n) is 2.26. The maximum absolute atomic E-state index is 12.5. The van der Waals surface area contributed by atoms with Crippen LogP contribution < -0.4 is 0 Å². The van der Waals surface area contributed by atoms with Crippen molar-refractivity contribution in [1.29, 1.82) is 0 Å². The zero-order valence-corrected chi connectivity index (χ0v) is 12.8. The van der Waals surface area contributed by atoms with Crippen molar-refractivity contribution < 1.29 is 13.6 Å². The van der Waals surface area contributed by atoms with Crippen LogP contribution in [0.1, 0.15) is 19.4 Å². The highest BCUT2D eigenvalue weighted by atomic mass is 35.5. The monoisotopic (exact) mass is 310 g/mol. The first kappa shape index (κ1) is 16.0. The van der Waals surface area contributed by atoms with Crippen LogP contribution in [0.5, 0.6) is 0 Å². The molecular weight excluding hydrogens is 294 g/mol. The van der Waals surface area contributed by atoms with E-state index in [0.29, 0.717) is 0 Å². The van der Waals surface area contributed by atoms with Crippen LogP contribution in [-0.4, -0.2) is 17.3 Å². The highest BCUT2D eigenvalue weighted by Gasteiger charge is 2.48. The minimum absolute atomic E-state index is 0.203. The van der Waals surface area contributed by atoms with Crippen LogP contribution in [-0.2, 0) is 20.0 Å². The van der Waals surface area contributed by atoms with Crippen molar-refractivity contribution in [3.05, 3.63) is 35.9 Å². The predicted molar refractivity (Wildman–Crippen MR) is 75.4 cm³/mol. The molecule has 0 aliphatic rings. The van der Waals surface area contributed by atoms with Crippen molar-refractivity contribution in [2.75, 3.05) is 13.2 Å². The van der Waals surface area contributed by atoms with E-state index >= 15 is 0 Å². The van der Waals surface area contributed by atoms with Crippen molar-refractivity contribution in [3.8, 4) is 0 Å². The Morgan fingerprint density at radius 1 is 1.11 bits per heavy atom. The molecule has 0 amide bonds. The van der Waals surface area contributed by atoms with Crippen LogP contribution in [0.25, 0.3) is 0 Å². The van der Waals surface area contributed by atoms with Crippen molar-refractivity contribution in [1.82, 2.24) is 0 Å². The Kier molecular flexibility index (Phi) is 6.16. The first-order chi connectivity index (χ1) is 8.45. The summed E-state index contributed by atoms with van der Waals surface area (Å²) in [5, 5.41) is 0. The third kappa shape index (κ3) is 3.97. The molecule has 6 heteroatoms. The molecule has 3 nitrogen and oxygen atoms in total. The second-order valence-corrected chi connectivity index (χ2v) is 7.95. The summed E-state index contributed by atoms with van der Waals surface area (Å²) in [5.41, 5.74) is 0.877. The van der Waals surface area contributed by atoms with Crippen LogP contribution in [0.15, 0.2) is 30.3 Å². The second kappa shape index (κ2) is 6.93. The number of hydrogen-bond donors (Lipinski definition) is 0. The molecule has 1 aromatic rings. The zero-order chi connectivity index (χ0) is 13.6. The second-order valence-electron chi connectivity index (χ2n) is 3.66. The third-order valence-corrected chi connectivity index (χ3v) is 5.92. The van der Waals surface area contributed by atoms with Gasteiger partial charge in [0.25, 0.3) is 0 Å². The molecule has 0 saturated carbocycles. The van der Waals surface area contributed by atoms with Gasteiger partial charge in [0.1, 0.15) is 0 Å². The van der Waals surface area contributed by atoms with Crippen LogP contribution in [0.4, 0.5) is 0 Å². The normalized spacial score (nSPS) is 12.7. The van der Waals surface area contributed by atoms with E-state index in [1.807, 2.05) is 30.3 Å². The van der Waals surface area contributed by atoms with Crippen LogP contribution >= 0.6 is 30.8 Å². The van der Waals surface area contributed by atoms with Crippen molar-refractivity contribution in [3.63, 3.8) is 0 Å². The number of alkyl halides is 2. The molecule has 0 radical (unpaired) electrons. The standard InChI is InChI=1S/C12H17Cl2O3P/c1-3-16-18(15,17-4-2)12(13,14)10-11-8-6-5-7-9-11/h5-9H,3-4,10H2,1-2H3. The number of hydrogen-bond acceptors (Lipinski definition) is 3. The lowest BCUT2D eigenvalue weighted by atomic mass is 10.2. The molecule has 1 aromatic carbocycles. The van der Waals surface area contributed by atoms with E-state index in [2.05, 4.69) is 0 Å². The van der Waals surface area contributed by atoms with E-state index in [4.69, 9.17) is 32.2 Å². The zero-order valence-electron chi connectivity index (χ0n) is 10.4. The van der Waals surface area contributed by atoms with Gasteiger partial charge in [-0.2, -0.15) is 0 Å². The molecule has 0 heterocycles. The largest absolute Gasteiger partial charge is 0.366 e.